The second-order valence-corrected chi connectivity index (χ2v) is 4.90. The van der Waals surface area contributed by atoms with E-state index in [1.54, 1.807) is 24.5 Å². The molecule has 1 aromatic carbocycles. The van der Waals surface area contributed by atoms with Crippen LogP contribution in [0.2, 0.25) is 0 Å². The van der Waals surface area contributed by atoms with Crippen LogP contribution in [0, 0.1) is 0 Å². The molecule has 0 saturated heterocycles. The smallest absolute Gasteiger partial charge is 0.352 e. The molecular formula is C16H14F3N3O2. The number of carbonyl (C=O) groups is 2. The molecule has 0 bridgehead atoms. The van der Waals surface area contributed by atoms with Gasteiger partial charge in [0.25, 0.3) is 0 Å². The third-order valence-corrected chi connectivity index (χ3v) is 3.07. The first-order chi connectivity index (χ1) is 11.4. The van der Waals surface area contributed by atoms with Gasteiger partial charge in [-0.1, -0.05) is 12.1 Å². The minimum atomic E-state index is -4.59. The van der Waals surface area contributed by atoms with Crippen LogP contribution in [-0.2, 0) is 22.3 Å². The maximum Gasteiger partial charge on any atom is 0.418 e. The molecule has 126 valence electrons. The number of rotatable bonds is 5. The maximum absolute atomic E-state index is 12.8. The first-order valence-corrected chi connectivity index (χ1v) is 6.98. The van der Waals surface area contributed by atoms with Gasteiger partial charge in [0.05, 0.1) is 11.3 Å². The van der Waals surface area contributed by atoms with Gasteiger partial charge in [0, 0.05) is 18.9 Å². The van der Waals surface area contributed by atoms with Crippen molar-refractivity contribution >= 4 is 17.5 Å². The highest BCUT2D eigenvalue weighted by Gasteiger charge is 2.33. The van der Waals surface area contributed by atoms with Crippen molar-refractivity contribution in [1.82, 2.24) is 10.3 Å². The fraction of sp³-hybridized carbons (Fsp3) is 0.188. The van der Waals surface area contributed by atoms with E-state index in [9.17, 15) is 22.8 Å². The van der Waals surface area contributed by atoms with Crippen LogP contribution in [0.4, 0.5) is 18.9 Å². The molecule has 2 amide bonds. The number of hydrogen-bond acceptors (Lipinski definition) is 3. The molecule has 5 nitrogen and oxygen atoms in total. The molecule has 2 N–H and O–H groups in total. The number of para-hydroxylation sites is 1. The number of carbonyl (C=O) groups excluding carboxylic acids is 2. The Kier molecular flexibility index (Phi) is 5.51. The molecule has 0 fully saturated rings. The maximum atomic E-state index is 12.8. The molecular weight excluding hydrogens is 323 g/mol. The minimum absolute atomic E-state index is 0.202. The Balaban J connectivity index is 1.90. The van der Waals surface area contributed by atoms with Gasteiger partial charge < -0.3 is 10.6 Å². The van der Waals surface area contributed by atoms with Crippen LogP contribution in [0.5, 0.6) is 0 Å². The predicted octanol–water partition coefficient (Wildman–Crippen LogP) is 2.75. The van der Waals surface area contributed by atoms with E-state index >= 15 is 0 Å². The van der Waals surface area contributed by atoms with Crippen LogP contribution in [0.15, 0.2) is 48.8 Å². The van der Waals surface area contributed by atoms with Gasteiger partial charge in [-0.25, -0.2) is 0 Å². The van der Waals surface area contributed by atoms with E-state index in [0.717, 1.165) is 17.7 Å². The Morgan fingerprint density at radius 1 is 1.00 bits per heavy atom. The highest BCUT2D eigenvalue weighted by molar-refractivity contribution is 6.03. The van der Waals surface area contributed by atoms with Crippen LogP contribution in [-0.4, -0.2) is 16.8 Å². The number of halogens is 3. The third kappa shape index (κ3) is 5.08. The summed E-state index contributed by atoms with van der Waals surface area (Å²) in [6.45, 7) is 0.202. The zero-order chi connectivity index (χ0) is 17.6. The van der Waals surface area contributed by atoms with Gasteiger partial charge in [0.2, 0.25) is 11.8 Å². The normalized spacial score (nSPS) is 11.0. The number of anilines is 1. The summed E-state index contributed by atoms with van der Waals surface area (Å²) < 4.78 is 38.5. The van der Waals surface area contributed by atoms with Gasteiger partial charge in [-0.05, 0) is 29.8 Å². The molecule has 0 atom stereocenters. The summed E-state index contributed by atoms with van der Waals surface area (Å²) in [5.74, 6) is -1.41. The second kappa shape index (κ2) is 7.58. The van der Waals surface area contributed by atoms with Crippen LogP contribution in [0.1, 0.15) is 17.5 Å². The van der Waals surface area contributed by atoms with E-state index in [0.29, 0.717) is 0 Å². The van der Waals surface area contributed by atoms with Crippen molar-refractivity contribution in [3.05, 3.63) is 59.9 Å². The first kappa shape index (κ1) is 17.5. The van der Waals surface area contributed by atoms with E-state index in [-0.39, 0.29) is 12.2 Å². The number of alkyl halides is 3. The van der Waals surface area contributed by atoms with E-state index in [2.05, 4.69) is 15.6 Å². The highest BCUT2D eigenvalue weighted by Crippen LogP contribution is 2.34. The topological polar surface area (TPSA) is 71.1 Å². The molecule has 0 saturated carbocycles. The molecule has 0 aliphatic rings. The Bertz CT molecular complexity index is 718. The fourth-order valence-corrected chi connectivity index (χ4v) is 1.94. The molecule has 0 unspecified atom stereocenters. The molecule has 0 aliphatic carbocycles. The van der Waals surface area contributed by atoms with E-state index in [4.69, 9.17) is 0 Å². The van der Waals surface area contributed by atoms with Crippen molar-refractivity contribution in [3.8, 4) is 0 Å². The van der Waals surface area contributed by atoms with Crippen LogP contribution >= 0.6 is 0 Å². The summed E-state index contributed by atoms with van der Waals surface area (Å²) in [5, 5.41) is 4.63. The van der Waals surface area contributed by atoms with Crippen molar-refractivity contribution in [1.29, 1.82) is 0 Å². The average Bonchev–Trinajstić information content (AvgIpc) is 2.53. The number of hydrogen-bond donors (Lipinski definition) is 2. The number of amides is 2. The van der Waals surface area contributed by atoms with Crippen LogP contribution in [0.3, 0.4) is 0 Å². The van der Waals surface area contributed by atoms with Gasteiger partial charge in [-0.2, -0.15) is 13.2 Å². The standard InChI is InChI=1S/C16H14F3N3O2/c17-16(18,19)12-3-1-2-4-13(12)22-15(24)9-14(23)21-10-11-5-7-20-8-6-11/h1-8H,9-10H2,(H,21,23)(H,22,24). The zero-order valence-electron chi connectivity index (χ0n) is 12.4. The van der Waals surface area contributed by atoms with Gasteiger partial charge in [0.1, 0.15) is 6.42 Å². The van der Waals surface area contributed by atoms with Gasteiger partial charge >= 0.3 is 6.18 Å². The summed E-state index contributed by atoms with van der Waals surface area (Å²) in [4.78, 5) is 27.3. The molecule has 8 heteroatoms. The quantitative estimate of drug-likeness (QED) is 0.824. The summed E-state index contributed by atoms with van der Waals surface area (Å²) >= 11 is 0. The molecule has 24 heavy (non-hydrogen) atoms. The number of nitrogens with one attached hydrogen (secondary N) is 2. The lowest BCUT2D eigenvalue weighted by Gasteiger charge is -2.13. The Hall–Kier alpha value is -2.90. The lowest BCUT2D eigenvalue weighted by molar-refractivity contribution is -0.137. The van der Waals surface area contributed by atoms with Crippen molar-refractivity contribution in [2.24, 2.45) is 0 Å². The van der Waals surface area contributed by atoms with Gasteiger partial charge in [-0.15, -0.1) is 0 Å². The van der Waals surface area contributed by atoms with Crippen LogP contribution in [0.25, 0.3) is 0 Å². The highest BCUT2D eigenvalue weighted by atomic mass is 19.4. The number of nitrogens with zero attached hydrogens (tertiary/aromatic N) is 1. The summed E-state index contributed by atoms with van der Waals surface area (Å²) in [6.07, 6.45) is -2.05. The Labute approximate surface area is 135 Å². The van der Waals surface area contributed by atoms with E-state index < -0.39 is 30.0 Å². The van der Waals surface area contributed by atoms with Gasteiger partial charge in [-0.3, -0.25) is 14.6 Å². The van der Waals surface area contributed by atoms with E-state index in [1.807, 2.05) is 0 Å². The fourth-order valence-electron chi connectivity index (χ4n) is 1.94. The molecule has 1 aromatic heterocycles. The predicted molar refractivity (Wildman–Crippen MR) is 80.8 cm³/mol. The van der Waals surface area contributed by atoms with Gasteiger partial charge in [0.15, 0.2) is 0 Å². The Morgan fingerprint density at radius 2 is 1.67 bits per heavy atom. The third-order valence-electron chi connectivity index (χ3n) is 3.07. The average molecular weight is 337 g/mol. The summed E-state index contributed by atoms with van der Waals surface area (Å²) in [7, 11) is 0. The molecule has 0 aliphatic heterocycles. The number of pyridine rings is 1. The first-order valence-electron chi connectivity index (χ1n) is 6.98. The molecule has 0 radical (unpaired) electrons. The second-order valence-electron chi connectivity index (χ2n) is 4.90. The lowest BCUT2D eigenvalue weighted by Crippen LogP contribution is -2.28. The van der Waals surface area contributed by atoms with E-state index in [1.165, 1.54) is 12.1 Å². The number of aromatic nitrogens is 1. The van der Waals surface area contributed by atoms with Crippen molar-refractivity contribution < 1.29 is 22.8 Å². The van der Waals surface area contributed by atoms with Crippen molar-refractivity contribution in [3.63, 3.8) is 0 Å². The monoisotopic (exact) mass is 337 g/mol. The largest absolute Gasteiger partial charge is 0.418 e. The molecule has 0 spiro atoms. The van der Waals surface area contributed by atoms with Crippen molar-refractivity contribution in [2.45, 2.75) is 19.1 Å². The lowest BCUT2D eigenvalue weighted by atomic mass is 10.1. The summed E-state index contributed by atoms with van der Waals surface area (Å²) in [5.41, 5.74) is -0.548. The number of benzene rings is 1. The van der Waals surface area contributed by atoms with Crippen molar-refractivity contribution in [2.75, 3.05) is 5.32 Å². The summed E-state index contributed by atoms with van der Waals surface area (Å²) in [6, 6.07) is 7.98. The molecule has 2 aromatic rings. The SMILES string of the molecule is O=C(CC(=O)Nc1ccccc1C(F)(F)F)NCc1ccncc1. The molecule has 2 rings (SSSR count). The van der Waals surface area contributed by atoms with Crippen LogP contribution < -0.4 is 10.6 Å². The minimum Gasteiger partial charge on any atom is -0.352 e. The molecule has 1 heterocycles. The Morgan fingerprint density at radius 3 is 2.33 bits per heavy atom. The zero-order valence-corrected chi connectivity index (χ0v) is 12.4.